The average Bonchev–Trinajstić information content (AvgIpc) is 2.11. The minimum atomic E-state index is 0.377. The zero-order valence-corrected chi connectivity index (χ0v) is 9.05. The molecule has 13 heavy (non-hydrogen) atoms. The predicted octanol–water partition coefficient (Wildman–Crippen LogP) is 1.94. The molecule has 0 radical (unpaired) electrons. The third-order valence-corrected chi connectivity index (χ3v) is 3.21. The SMILES string of the molecule is CCC(=O)CN1CCC(C)C(C)C1. The van der Waals surface area contributed by atoms with Gasteiger partial charge < -0.3 is 0 Å². The standard InChI is InChI=1S/C11H21NO/c1-4-11(13)8-12-6-5-9(2)10(3)7-12/h9-10H,4-8H2,1-3H3. The van der Waals surface area contributed by atoms with Crippen molar-refractivity contribution in [3.8, 4) is 0 Å². The second-order valence-electron chi connectivity index (χ2n) is 4.37. The van der Waals surface area contributed by atoms with E-state index in [0.29, 0.717) is 18.7 Å². The second-order valence-corrected chi connectivity index (χ2v) is 4.37. The number of nitrogens with zero attached hydrogens (tertiary/aromatic N) is 1. The maximum atomic E-state index is 11.2. The summed E-state index contributed by atoms with van der Waals surface area (Å²) in [6.07, 6.45) is 1.93. The van der Waals surface area contributed by atoms with Gasteiger partial charge in [0.25, 0.3) is 0 Å². The predicted molar refractivity (Wildman–Crippen MR) is 54.7 cm³/mol. The molecule has 0 aromatic carbocycles. The highest BCUT2D eigenvalue weighted by Gasteiger charge is 2.23. The number of Topliss-reactive ketones (excluding diaryl/α,β-unsaturated/α-hetero) is 1. The van der Waals surface area contributed by atoms with Gasteiger partial charge in [-0.15, -0.1) is 0 Å². The molecular weight excluding hydrogens is 162 g/mol. The molecule has 2 atom stereocenters. The molecule has 0 amide bonds. The quantitative estimate of drug-likeness (QED) is 0.666. The molecule has 0 aromatic heterocycles. The van der Waals surface area contributed by atoms with Crippen LogP contribution in [0.2, 0.25) is 0 Å². The van der Waals surface area contributed by atoms with Crippen molar-refractivity contribution in [2.75, 3.05) is 19.6 Å². The van der Waals surface area contributed by atoms with E-state index < -0.39 is 0 Å². The average molecular weight is 183 g/mol. The van der Waals surface area contributed by atoms with Gasteiger partial charge in [0.2, 0.25) is 0 Å². The first kappa shape index (κ1) is 10.7. The number of hydrogen-bond donors (Lipinski definition) is 0. The Bertz CT molecular complexity index is 179. The molecular formula is C11H21NO. The first-order chi connectivity index (χ1) is 6.13. The van der Waals surface area contributed by atoms with Gasteiger partial charge in [-0.3, -0.25) is 9.69 Å². The van der Waals surface area contributed by atoms with Gasteiger partial charge in [0.1, 0.15) is 5.78 Å². The van der Waals surface area contributed by atoms with E-state index in [4.69, 9.17) is 0 Å². The Kier molecular flexibility index (Phi) is 3.91. The molecule has 0 aromatic rings. The highest BCUT2D eigenvalue weighted by molar-refractivity contribution is 5.80. The Morgan fingerprint density at radius 2 is 2.08 bits per heavy atom. The van der Waals surface area contributed by atoms with Crippen molar-refractivity contribution in [3.05, 3.63) is 0 Å². The monoisotopic (exact) mass is 183 g/mol. The molecule has 0 bridgehead atoms. The van der Waals surface area contributed by atoms with Gasteiger partial charge in [0, 0.05) is 13.0 Å². The number of carbonyl (C=O) groups excluding carboxylic acids is 1. The van der Waals surface area contributed by atoms with E-state index >= 15 is 0 Å². The van der Waals surface area contributed by atoms with E-state index in [1.54, 1.807) is 0 Å². The fourth-order valence-electron chi connectivity index (χ4n) is 1.85. The summed E-state index contributed by atoms with van der Waals surface area (Å²) in [6, 6.07) is 0. The van der Waals surface area contributed by atoms with E-state index in [1.807, 2.05) is 6.92 Å². The lowest BCUT2D eigenvalue weighted by Gasteiger charge is -2.34. The van der Waals surface area contributed by atoms with E-state index in [-0.39, 0.29) is 0 Å². The lowest BCUT2D eigenvalue weighted by Crippen LogP contribution is -2.41. The summed E-state index contributed by atoms with van der Waals surface area (Å²) in [5, 5.41) is 0. The fourth-order valence-corrected chi connectivity index (χ4v) is 1.85. The van der Waals surface area contributed by atoms with Crippen LogP contribution in [-0.2, 0) is 4.79 Å². The van der Waals surface area contributed by atoms with Gasteiger partial charge in [-0.05, 0) is 24.8 Å². The van der Waals surface area contributed by atoms with E-state index in [2.05, 4.69) is 18.7 Å². The Balaban J connectivity index is 2.33. The summed E-state index contributed by atoms with van der Waals surface area (Å²) in [5.41, 5.74) is 0. The Morgan fingerprint density at radius 1 is 1.38 bits per heavy atom. The molecule has 2 unspecified atom stereocenters. The molecule has 1 fully saturated rings. The van der Waals surface area contributed by atoms with Crippen LogP contribution in [0.25, 0.3) is 0 Å². The van der Waals surface area contributed by atoms with Gasteiger partial charge in [0.15, 0.2) is 0 Å². The van der Waals surface area contributed by atoms with Gasteiger partial charge in [-0.2, -0.15) is 0 Å². The highest BCUT2D eigenvalue weighted by Crippen LogP contribution is 2.21. The fraction of sp³-hybridized carbons (Fsp3) is 0.909. The van der Waals surface area contributed by atoms with E-state index in [9.17, 15) is 4.79 Å². The largest absolute Gasteiger partial charge is 0.298 e. The van der Waals surface area contributed by atoms with Crippen LogP contribution in [0, 0.1) is 11.8 Å². The summed E-state index contributed by atoms with van der Waals surface area (Å²) in [7, 11) is 0. The molecule has 1 rings (SSSR count). The van der Waals surface area contributed by atoms with Crippen LogP contribution in [0.1, 0.15) is 33.6 Å². The summed E-state index contributed by atoms with van der Waals surface area (Å²) < 4.78 is 0. The molecule has 0 saturated carbocycles. The van der Waals surface area contributed by atoms with Crippen LogP contribution in [0.4, 0.5) is 0 Å². The van der Waals surface area contributed by atoms with Crippen molar-refractivity contribution in [1.82, 2.24) is 4.90 Å². The molecule has 1 aliphatic heterocycles. The lowest BCUT2D eigenvalue weighted by atomic mass is 9.88. The molecule has 1 heterocycles. The molecule has 76 valence electrons. The van der Waals surface area contributed by atoms with Crippen molar-refractivity contribution in [3.63, 3.8) is 0 Å². The van der Waals surface area contributed by atoms with Crippen LogP contribution in [-0.4, -0.2) is 30.3 Å². The third kappa shape index (κ3) is 3.11. The van der Waals surface area contributed by atoms with Crippen LogP contribution in [0.5, 0.6) is 0 Å². The zero-order chi connectivity index (χ0) is 9.84. The van der Waals surface area contributed by atoms with Gasteiger partial charge in [0.05, 0.1) is 6.54 Å². The number of rotatable bonds is 3. The Hall–Kier alpha value is -0.370. The van der Waals surface area contributed by atoms with Crippen LogP contribution >= 0.6 is 0 Å². The van der Waals surface area contributed by atoms with E-state index in [1.165, 1.54) is 6.42 Å². The lowest BCUT2D eigenvalue weighted by molar-refractivity contribution is -0.120. The van der Waals surface area contributed by atoms with E-state index in [0.717, 1.165) is 24.9 Å². The van der Waals surface area contributed by atoms with Crippen molar-refractivity contribution >= 4 is 5.78 Å². The number of hydrogen-bond acceptors (Lipinski definition) is 2. The molecule has 2 nitrogen and oxygen atoms in total. The molecule has 0 aliphatic carbocycles. The normalized spacial score (nSPS) is 30.4. The number of piperidine rings is 1. The molecule has 1 aliphatic rings. The van der Waals surface area contributed by atoms with Crippen molar-refractivity contribution in [1.29, 1.82) is 0 Å². The topological polar surface area (TPSA) is 20.3 Å². The van der Waals surface area contributed by atoms with Crippen LogP contribution in [0.15, 0.2) is 0 Å². The Morgan fingerprint density at radius 3 is 2.62 bits per heavy atom. The third-order valence-electron chi connectivity index (χ3n) is 3.21. The van der Waals surface area contributed by atoms with Crippen LogP contribution < -0.4 is 0 Å². The van der Waals surface area contributed by atoms with Gasteiger partial charge in [-0.1, -0.05) is 20.8 Å². The maximum absolute atomic E-state index is 11.2. The first-order valence-corrected chi connectivity index (χ1v) is 5.37. The Labute approximate surface area is 81.3 Å². The molecule has 1 saturated heterocycles. The van der Waals surface area contributed by atoms with Gasteiger partial charge in [-0.25, -0.2) is 0 Å². The summed E-state index contributed by atoms with van der Waals surface area (Å²) >= 11 is 0. The minimum Gasteiger partial charge on any atom is -0.298 e. The van der Waals surface area contributed by atoms with Crippen molar-refractivity contribution in [2.45, 2.75) is 33.6 Å². The molecule has 2 heteroatoms. The second kappa shape index (κ2) is 4.75. The number of likely N-dealkylation sites (tertiary alicyclic amines) is 1. The summed E-state index contributed by atoms with van der Waals surface area (Å²) in [4.78, 5) is 13.5. The van der Waals surface area contributed by atoms with Crippen LogP contribution in [0.3, 0.4) is 0 Å². The first-order valence-electron chi connectivity index (χ1n) is 5.37. The van der Waals surface area contributed by atoms with Gasteiger partial charge >= 0.3 is 0 Å². The summed E-state index contributed by atoms with van der Waals surface area (Å²) in [6.45, 7) is 9.42. The summed E-state index contributed by atoms with van der Waals surface area (Å²) in [5.74, 6) is 1.95. The maximum Gasteiger partial charge on any atom is 0.146 e. The van der Waals surface area contributed by atoms with Crippen molar-refractivity contribution in [2.24, 2.45) is 11.8 Å². The highest BCUT2D eigenvalue weighted by atomic mass is 16.1. The molecule has 0 N–H and O–H groups in total. The molecule has 0 spiro atoms. The zero-order valence-electron chi connectivity index (χ0n) is 9.05. The van der Waals surface area contributed by atoms with Crippen molar-refractivity contribution < 1.29 is 4.79 Å². The number of ketones is 1. The minimum absolute atomic E-state index is 0.377. The number of carbonyl (C=O) groups is 1. The smallest absolute Gasteiger partial charge is 0.146 e.